The van der Waals surface area contributed by atoms with Gasteiger partial charge in [-0.15, -0.1) is 0 Å². The van der Waals surface area contributed by atoms with Gasteiger partial charge in [-0.3, -0.25) is 4.90 Å². The lowest BCUT2D eigenvalue weighted by Gasteiger charge is -2.49. The van der Waals surface area contributed by atoms with Crippen molar-refractivity contribution in [1.29, 1.82) is 0 Å². The highest BCUT2D eigenvalue weighted by atomic mass is 15.3. The molecule has 0 amide bonds. The Bertz CT molecular complexity index is 266. The van der Waals surface area contributed by atoms with E-state index in [1.165, 1.54) is 57.9 Å². The second kappa shape index (κ2) is 6.58. The Labute approximate surface area is 120 Å². The maximum absolute atomic E-state index is 6.26. The van der Waals surface area contributed by atoms with E-state index >= 15 is 0 Å². The summed E-state index contributed by atoms with van der Waals surface area (Å²) in [5.74, 6) is 1.75. The van der Waals surface area contributed by atoms with Gasteiger partial charge in [-0.05, 0) is 56.9 Å². The molecule has 0 aromatic heterocycles. The first-order chi connectivity index (χ1) is 9.13. The van der Waals surface area contributed by atoms with Gasteiger partial charge in [0.15, 0.2) is 0 Å². The topological polar surface area (TPSA) is 29.3 Å². The third kappa shape index (κ3) is 3.16. The van der Waals surface area contributed by atoms with E-state index in [1.54, 1.807) is 0 Å². The zero-order chi connectivity index (χ0) is 13.9. The van der Waals surface area contributed by atoms with Crippen LogP contribution in [-0.4, -0.2) is 29.6 Å². The van der Waals surface area contributed by atoms with Crippen LogP contribution in [0.25, 0.3) is 0 Å². The Balaban J connectivity index is 2.03. The molecule has 0 aromatic carbocycles. The molecule has 1 unspecified atom stereocenters. The highest BCUT2D eigenvalue weighted by Gasteiger charge is 2.44. The molecule has 1 saturated carbocycles. The van der Waals surface area contributed by atoms with Gasteiger partial charge >= 0.3 is 0 Å². The molecule has 0 spiro atoms. The minimum absolute atomic E-state index is 0.343. The molecule has 0 radical (unpaired) electrons. The monoisotopic (exact) mass is 266 g/mol. The lowest BCUT2D eigenvalue weighted by atomic mass is 9.73. The normalized spacial score (nSPS) is 37.1. The minimum Gasteiger partial charge on any atom is -0.329 e. The number of rotatable bonds is 5. The van der Waals surface area contributed by atoms with E-state index in [4.69, 9.17) is 5.73 Å². The van der Waals surface area contributed by atoms with Crippen LogP contribution in [0.1, 0.15) is 72.1 Å². The molecule has 1 heterocycles. The van der Waals surface area contributed by atoms with Gasteiger partial charge in [0.2, 0.25) is 0 Å². The molecule has 2 heteroatoms. The van der Waals surface area contributed by atoms with E-state index in [9.17, 15) is 0 Å². The quantitative estimate of drug-likeness (QED) is 0.820. The SMILES string of the molecule is CCCC1CCC(CN)(N2CCCC2C(C)C)CC1. The summed E-state index contributed by atoms with van der Waals surface area (Å²) in [5, 5.41) is 0. The van der Waals surface area contributed by atoms with Crippen LogP contribution in [0.5, 0.6) is 0 Å². The molecule has 2 nitrogen and oxygen atoms in total. The van der Waals surface area contributed by atoms with Crippen molar-refractivity contribution in [3.8, 4) is 0 Å². The second-order valence-electron chi connectivity index (χ2n) is 7.31. The standard InChI is InChI=1S/C17H34N2/c1-4-6-15-8-10-17(13-18,11-9-15)19-12-5-7-16(19)14(2)3/h14-16H,4-13,18H2,1-3H3. The van der Waals surface area contributed by atoms with Crippen molar-refractivity contribution in [3.63, 3.8) is 0 Å². The van der Waals surface area contributed by atoms with E-state index in [0.717, 1.165) is 24.4 Å². The lowest BCUT2D eigenvalue weighted by molar-refractivity contribution is 0.0168. The molecule has 112 valence electrons. The fourth-order valence-corrected chi connectivity index (χ4v) is 4.60. The van der Waals surface area contributed by atoms with E-state index in [1.807, 2.05) is 0 Å². The van der Waals surface area contributed by atoms with Gasteiger partial charge in [0.25, 0.3) is 0 Å². The molecule has 19 heavy (non-hydrogen) atoms. The smallest absolute Gasteiger partial charge is 0.0334 e. The average Bonchev–Trinajstić information content (AvgIpc) is 2.90. The molecule has 1 saturated heterocycles. The predicted molar refractivity (Wildman–Crippen MR) is 83.2 cm³/mol. The van der Waals surface area contributed by atoms with Crippen molar-refractivity contribution >= 4 is 0 Å². The number of likely N-dealkylation sites (tertiary alicyclic amines) is 1. The van der Waals surface area contributed by atoms with Crippen LogP contribution < -0.4 is 5.73 Å². The van der Waals surface area contributed by atoms with E-state index in [-0.39, 0.29) is 0 Å². The van der Waals surface area contributed by atoms with Gasteiger partial charge in [-0.25, -0.2) is 0 Å². The van der Waals surface area contributed by atoms with E-state index in [0.29, 0.717) is 5.54 Å². The summed E-state index contributed by atoms with van der Waals surface area (Å²) in [5.41, 5.74) is 6.60. The molecule has 0 bridgehead atoms. The van der Waals surface area contributed by atoms with Crippen molar-refractivity contribution in [2.45, 2.75) is 83.7 Å². The molecule has 1 aliphatic heterocycles. The number of nitrogens with two attached hydrogens (primary N) is 1. The van der Waals surface area contributed by atoms with Crippen molar-refractivity contribution in [2.75, 3.05) is 13.1 Å². The van der Waals surface area contributed by atoms with Gasteiger partial charge in [0, 0.05) is 18.1 Å². The maximum atomic E-state index is 6.26. The van der Waals surface area contributed by atoms with E-state index < -0.39 is 0 Å². The van der Waals surface area contributed by atoms with Crippen molar-refractivity contribution < 1.29 is 0 Å². The summed E-state index contributed by atoms with van der Waals surface area (Å²) in [4.78, 5) is 2.82. The van der Waals surface area contributed by atoms with Crippen molar-refractivity contribution in [1.82, 2.24) is 4.90 Å². The lowest BCUT2D eigenvalue weighted by Crippen LogP contribution is -2.58. The van der Waals surface area contributed by atoms with Gasteiger partial charge in [-0.2, -0.15) is 0 Å². The van der Waals surface area contributed by atoms with Gasteiger partial charge in [-0.1, -0.05) is 33.6 Å². The molecular weight excluding hydrogens is 232 g/mol. The maximum Gasteiger partial charge on any atom is 0.0334 e. The van der Waals surface area contributed by atoms with Crippen molar-refractivity contribution in [2.24, 2.45) is 17.6 Å². The Morgan fingerprint density at radius 3 is 2.42 bits per heavy atom. The van der Waals surface area contributed by atoms with Crippen LogP contribution in [0.4, 0.5) is 0 Å². The number of hydrogen-bond acceptors (Lipinski definition) is 2. The van der Waals surface area contributed by atoms with Crippen LogP contribution in [0.3, 0.4) is 0 Å². The van der Waals surface area contributed by atoms with Crippen LogP contribution >= 0.6 is 0 Å². The molecule has 2 rings (SSSR count). The van der Waals surface area contributed by atoms with Crippen molar-refractivity contribution in [3.05, 3.63) is 0 Å². The Kier molecular flexibility index (Phi) is 5.30. The fourth-order valence-electron chi connectivity index (χ4n) is 4.60. The van der Waals surface area contributed by atoms with Crippen LogP contribution in [0, 0.1) is 11.8 Å². The zero-order valence-corrected chi connectivity index (χ0v) is 13.3. The average molecular weight is 266 g/mol. The first-order valence-electron chi connectivity index (χ1n) is 8.60. The molecule has 0 aromatic rings. The summed E-state index contributed by atoms with van der Waals surface area (Å²) in [6.45, 7) is 9.25. The zero-order valence-electron chi connectivity index (χ0n) is 13.3. The molecule has 1 aliphatic carbocycles. The third-order valence-corrected chi connectivity index (χ3v) is 5.79. The molecule has 2 aliphatic rings. The summed E-state index contributed by atoms with van der Waals surface area (Å²) in [6.07, 6.45) is 11.0. The molecule has 2 fully saturated rings. The first kappa shape index (κ1) is 15.3. The Morgan fingerprint density at radius 2 is 1.89 bits per heavy atom. The van der Waals surface area contributed by atoms with Crippen LogP contribution in [0.15, 0.2) is 0 Å². The fraction of sp³-hybridized carbons (Fsp3) is 1.00. The minimum atomic E-state index is 0.343. The van der Waals surface area contributed by atoms with Gasteiger partial charge in [0.05, 0.1) is 0 Å². The summed E-state index contributed by atoms with van der Waals surface area (Å²) < 4.78 is 0. The molecule has 1 atom stereocenters. The summed E-state index contributed by atoms with van der Waals surface area (Å²) in [7, 11) is 0. The number of hydrogen-bond donors (Lipinski definition) is 1. The first-order valence-corrected chi connectivity index (χ1v) is 8.60. The molecular formula is C17H34N2. The van der Waals surface area contributed by atoms with E-state index in [2.05, 4.69) is 25.7 Å². The Hall–Kier alpha value is -0.0800. The highest BCUT2D eigenvalue weighted by Crippen LogP contribution is 2.42. The predicted octanol–water partition coefficient (Wildman–Crippen LogP) is 3.79. The van der Waals surface area contributed by atoms with Crippen LogP contribution in [-0.2, 0) is 0 Å². The third-order valence-electron chi connectivity index (χ3n) is 5.79. The number of nitrogens with zero attached hydrogens (tertiary/aromatic N) is 1. The summed E-state index contributed by atoms with van der Waals surface area (Å²) >= 11 is 0. The second-order valence-corrected chi connectivity index (χ2v) is 7.31. The Morgan fingerprint density at radius 1 is 1.21 bits per heavy atom. The molecule has 2 N–H and O–H groups in total. The highest BCUT2D eigenvalue weighted by molar-refractivity contribution is 5.01. The van der Waals surface area contributed by atoms with Crippen LogP contribution in [0.2, 0.25) is 0 Å². The summed E-state index contributed by atoms with van der Waals surface area (Å²) in [6, 6.07) is 0.784. The largest absolute Gasteiger partial charge is 0.329 e. The van der Waals surface area contributed by atoms with Gasteiger partial charge in [0.1, 0.15) is 0 Å². The van der Waals surface area contributed by atoms with Gasteiger partial charge < -0.3 is 5.73 Å².